The molecule has 3 heteroatoms. The molecule has 0 bridgehead atoms. The van der Waals surface area contributed by atoms with Crippen LogP contribution in [-0.2, 0) is 5.92 Å². The van der Waals surface area contributed by atoms with Crippen LogP contribution in [0.25, 0.3) is 4.91 Å². The quantitative estimate of drug-likeness (QED) is 0.725. The summed E-state index contributed by atoms with van der Waals surface area (Å²) in [6, 6.07) is 6.57. The number of halogens is 2. The van der Waals surface area contributed by atoms with Gasteiger partial charge < -0.3 is 0 Å². The monoisotopic (exact) mass is 226 g/mol. The molecule has 0 fully saturated rings. The van der Waals surface area contributed by atoms with Crippen LogP contribution in [0.15, 0.2) is 30.3 Å². The Labute approximate surface area is 92.4 Å². The summed E-state index contributed by atoms with van der Waals surface area (Å²) in [6.45, 7) is 0.922. The Morgan fingerprint density at radius 1 is 1.20 bits per heavy atom. The SMILES string of the molecule is CC(F)(F)c1ccc(C2=CCCS2)cc1. The summed E-state index contributed by atoms with van der Waals surface area (Å²) in [5, 5.41) is 0. The molecule has 15 heavy (non-hydrogen) atoms. The molecule has 0 aromatic heterocycles. The van der Waals surface area contributed by atoms with E-state index in [2.05, 4.69) is 6.08 Å². The summed E-state index contributed by atoms with van der Waals surface area (Å²) in [6.07, 6.45) is 3.23. The fourth-order valence-electron chi connectivity index (χ4n) is 1.55. The molecule has 0 saturated carbocycles. The van der Waals surface area contributed by atoms with Gasteiger partial charge in [-0.05, 0) is 12.0 Å². The van der Waals surface area contributed by atoms with Crippen LogP contribution in [0, 0.1) is 0 Å². The number of benzene rings is 1. The van der Waals surface area contributed by atoms with Gasteiger partial charge in [0, 0.05) is 23.1 Å². The summed E-state index contributed by atoms with van der Waals surface area (Å²) in [7, 11) is 0. The topological polar surface area (TPSA) is 0 Å². The molecule has 1 aliphatic rings. The average Bonchev–Trinajstić information content (AvgIpc) is 2.69. The maximum Gasteiger partial charge on any atom is 0.270 e. The van der Waals surface area contributed by atoms with Crippen LogP contribution in [0.4, 0.5) is 8.78 Å². The molecule has 1 aromatic carbocycles. The lowest BCUT2D eigenvalue weighted by atomic mass is 10.1. The van der Waals surface area contributed by atoms with Crippen molar-refractivity contribution in [3.05, 3.63) is 41.5 Å². The highest BCUT2D eigenvalue weighted by Crippen LogP contribution is 2.35. The van der Waals surface area contributed by atoms with Crippen LogP contribution in [-0.4, -0.2) is 5.75 Å². The van der Waals surface area contributed by atoms with E-state index in [1.165, 1.54) is 17.0 Å². The molecule has 0 radical (unpaired) electrons. The van der Waals surface area contributed by atoms with Crippen molar-refractivity contribution in [1.82, 2.24) is 0 Å². The minimum Gasteiger partial charge on any atom is -0.202 e. The van der Waals surface area contributed by atoms with Crippen LogP contribution in [0.3, 0.4) is 0 Å². The Kier molecular flexibility index (Phi) is 2.83. The van der Waals surface area contributed by atoms with Crippen molar-refractivity contribution in [2.24, 2.45) is 0 Å². The van der Waals surface area contributed by atoms with E-state index in [1.54, 1.807) is 23.9 Å². The highest BCUT2D eigenvalue weighted by atomic mass is 32.2. The van der Waals surface area contributed by atoms with Crippen LogP contribution in [0.2, 0.25) is 0 Å². The molecule has 0 amide bonds. The van der Waals surface area contributed by atoms with Gasteiger partial charge in [-0.2, -0.15) is 0 Å². The first-order chi connectivity index (χ1) is 7.07. The largest absolute Gasteiger partial charge is 0.270 e. The molecule has 1 heterocycles. The van der Waals surface area contributed by atoms with Crippen molar-refractivity contribution in [2.45, 2.75) is 19.3 Å². The van der Waals surface area contributed by atoms with Gasteiger partial charge in [-0.15, -0.1) is 11.8 Å². The van der Waals surface area contributed by atoms with Gasteiger partial charge >= 0.3 is 0 Å². The number of hydrogen-bond donors (Lipinski definition) is 0. The smallest absolute Gasteiger partial charge is 0.202 e. The Morgan fingerprint density at radius 2 is 1.87 bits per heavy atom. The second kappa shape index (κ2) is 3.97. The van der Waals surface area contributed by atoms with Crippen LogP contribution in [0.1, 0.15) is 24.5 Å². The van der Waals surface area contributed by atoms with Crippen molar-refractivity contribution >= 4 is 16.7 Å². The van der Waals surface area contributed by atoms with Gasteiger partial charge in [-0.1, -0.05) is 30.3 Å². The third-order valence-electron chi connectivity index (χ3n) is 2.38. The van der Waals surface area contributed by atoms with Gasteiger partial charge in [0.15, 0.2) is 0 Å². The number of rotatable bonds is 2. The van der Waals surface area contributed by atoms with E-state index >= 15 is 0 Å². The third-order valence-corrected chi connectivity index (χ3v) is 3.53. The van der Waals surface area contributed by atoms with E-state index in [9.17, 15) is 8.78 Å². The van der Waals surface area contributed by atoms with E-state index in [-0.39, 0.29) is 5.56 Å². The normalized spacial score (nSPS) is 16.6. The number of hydrogen-bond acceptors (Lipinski definition) is 1. The summed E-state index contributed by atoms with van der Waals surface area (Å²) in [5.41, 5.74) is 1.13. The van der Waals surface area contributed by atoms with Crippen molar-refractivity contribution in [1.29, 1.82) is 0 Å². The standard InChI is InChI=1S/C12H12F2S/c1-12(13,14)10-6-4-9(5-7-10)11-3-2-8-15-11/h3-7H,2,8H2,1H3. The summed E-state index contributed by atoms with van der Waals surface area (Å²) in [5.74, 6) is -1.64. The van der Waals surface area contributed by atoms with Crippen LogP contribution in [0.5, 0.6) is 0 Å². The average molecular weight is 226 g/mol. The minimum absolute atomic E-state index is 0.0786. The maximum atomic E-state index is 12.9. The molecular weight excluding hydrogens is 214 g/mol. The zero-order valence-corrected chi connectivity index (χ0v) is 9.28. The number of thioether (sulfide) groups is 1. The second-order valence-electron chi connectivity index (χ2n) is 3.67. The molecule has 0 aliphatic carbocycles. The van der Waals surface area contributed by atoms with E-state index in [4.69, 9.17) is 0 Å². The van der Waals surface area contributed by atoms with E-state index in [1.807, 2.05) is 0 Å². The summed E-state index contributed by atoms with van der Waals surface area (Å²) >= 11 is 1.78. The molecule has 1 aromatic rings. The zero-order valence-electron chi connectivity index (χ0n) is 8.47. The lowest BCUT2D eigenvalue weighted by Gasteiger charge is -2.11. The Balaban J connectivity index is 2.24. The van der Waals surface area contributed by atoms with Crippen molar-refractivity contribution in [3.63, 3.8) is 0 Å². The van der Waals surface area contributed by atoms with E-state index in [0.29, 0.717) is 0 Å². The fourth-order valence-corrected chi connectivity index (χ4v) is 2.54. The van der Waals surface area contributed by atoms with Gasteiger partial charge in [-0.25, -0.2) is 8.78 Å². The molecule has 0 nitrogen and oxygen atoms in total. The zero-order chi connectivity index (χ0) is 10.9. The second-order valence-corrected chi connectivity index (χ2v) is 4.81. The predicted molar refractivity (Wildman–Crippen MR) is 61.1 cm³/mol. The summed E-state index contributed by atoms with van der Waals surface area (Å²) in [4.78, 5) is 1.21. The highest BCUT2D eigenvalue weighted by molar-refractivity contribution is 8.08. The highest BCUT2D eigenvalue weighted by Gasteiger charge is 2.23. The third kappa shape index (κ3) is 2.40. The Hall–Kier alpha value is -0.830. The van der Waals surface area contributed by atoms with Gasteiger partial charge in [0.1, 0.15) is 0 Å². The van der Waals surface area contributed by atoms with Gasteiger partial charge in [0.2, 0.25) is 0 Å². The molecular formula is C12H12F2S. The molecule has 1 aliphatic heterocycles. The summed E-state index contributed by atoms with van der Waals surface area (Å²) < 4.78 is 25.9. The molecule has 0 unspecified atom stereocenters. The van der Waals surface area contributed by atoms with Crippen molar-refractivity contribution in [3.8, 4) is 0 Å². The first-order valence-electron chi connectivity index (χ1n) is 4.89. The molecule has 80 valence electrons. The van der Waals surface area contributed by atoms with E-state index < -0.39 is 5.92 Å². The molecule has 0 N–H and O–H groups in total. The van der Waals surface area contributed by atoms with Crippen LogP contribution >= 0.6 is 11.8 Å². The predicted octanol–water partition coefficient (Wildman–Crippen LogP) is 4.28. The van der Waals surface area contributed by atoms with Crippen molar-refractivity contribution < 1.29 is 8.78 Å². The number of allylic oxidation sites excluding steroid dienone is 1. The molecule has 2 rings (SSSR count). The first kappa shape index (κ1) is 10.7. The molecule has 0 atom stereocenters. The Morgan fingerprint density at radius 3 is 2.33 bits per heavy atom. The van der Waals surface area contributed by atoms with Crippen molar-refractivity contribution in [2.75, 3.05) is 5.75 Å². The van der Waals surface area contributed by atoms with Gasteiger partial charge in [0.05, 0.1) is 0 Å². The molecule has 0 saturated heterocycles. The van der Waals surface area contributed by atoms with Gasteiger partial charge in [-0.3, -0.25) is 0 Å². The fraction of sp³-hybridized carbons (Fsp3) is 0.333. The maximum absolute atomic E-state index is 12.9. The lowest BCUT2D eigenvalue weighted by Crippen LogP contribution is -2.06. The Bertz CT molecular complexity index is 374. The minimum atomic E-state index is -2.74. The lowest BCUT2D eigenvalue weighted by molar-refractivity contribution is 0.0175. The van der Waals surface area contributed by atoms with E-state index in [0.717, 1.165) is 24.7 Å². The molecule has 0 spiro atoms. The first-order valence-corrected chi connectivity index (χ1v) is 5.87. The van der Waals surface area contributed by atoms with Gasteiger partial charge in [0.25, 0.3) is 5.92 Å². The number of alkyl halides is 2. The van der Waals surface area contributed by atoms with Crippen LogP contribution < -0.4 is 0 Å².